The van der Waals surface area contributed by atoms with Crippen molar-refractivity contribution in [3.8, 4) is 0 Å². The molecule has 0 spiro atoms. The Labute approximate surface area is 95.2 Å². The Bertz CT molecular complexity index is 375. The second-order valence-corrected chi connectivity index (χ2v) is 4.46. The van der Waals surface area contributed by atoms with Gasteiger partial charge >= 0.3 is 5.82 Å². The average molecular weight is 278 g/mol. The molecule has 0 saturated heterocycles. The number of aliphatic hydroxyl groups is 1. The Morgan fingerprint density at radius 3 is 2.80 bits per heavy atom. The second-order valence-electron chi connectivity index (χ2n) is 3.61. The number of hydrogen-bond acceptors (Lipinski definition) is 4. The van der Waals surface area contributed by atoms with Crippen LogP contribution < -0.4 is 0 Å². The van der Waals surface area contributed by atoms with E-state index in [1.807, 2.05) is 6.92 Å². The molecule has 1 N–H and O–H groups in total. The fourth-order valence-corrected chi connectivity index (χ4v) is 1.51. The smallest absolute Gasteiger partial charge is 0.388 e. The van der Waals surface area contributed by atoms with Gasteiger partial charge in [0.25, 0.3) is 0 Å². The molecule has 1 rings (SSSR count). The Morgan fingerprint density at radius 2 is 2.40 bits per heavy atom. The standard InChI is InChI=1S/C8H12BrN3O3/c1-3-8(2,13)5-11-4-6(9)7(10-11)12(14)15/h4,13H,3,5H2,1-2H3. The monoisotopic (exact) mass is 277 g/mol. The van der Waals surface area contributed by atoms with Crippen LogP contribution in [0.5, 0.6) is 0 Å². The lowest BCUT2D eigenvalue weighted by molar-refractivity contribution is -0.390. The summed E-state index contributed by atoms with van der Waals surface area (Å²) in [5.41, 5.74) is -0.903. The van der Waals surface area contributed by atoms with Crippen molar-refractivity contribution in [3.63, 3.8) is 0 Å². The summed E-state index contributed by atoms with van der Waals surface area (Å²) in [5, 5.41) is 24.0. The third-order valence-electron chi connectivity index (χ3n) is 2.14. The first-order valence-electron chi connectivity index (χ1n) is 4.45. The van der Waals surface area contributed by atoms with Gasteiger partial charge in [0.05, 0.1) is 23.4 Å². The van der Waals surface area contributed by atoms with Gasteiger partial charge in [0.1, 0.15) is 4.47 Å². The quantitative estimate of drug-likeness (QED) is 0.671. The minimum absolute atomic E-state index is 0.232. The molecular formula is C8H12BrN3O3. The van der Waals surface area contributed by atoms with Crippen molar-refractivity contribution < 1.29 is 10.0 Å². The summed E-state index contributed by atoms with van der Waals surface area (Å²) in [6.07, 6.45) is 2.04. The van der Waals surface area contributed by atoms with Crippen LogP contribution in [0, 0.1) is 10.1 Å². The molecular weight excluding hydrogens is 266 g/mol. The van der Waals surface area contributed by atoms with Gasteiger partial charge in [-0.1, -0.05) is 6.92 Å². The average Bonchev–Trinajstić information content (AvgIpc) is 2.46. The summed E-state index contributed by atoms with van der Waals surface area (Å²) in [6.45, 7) is 3.73. The summed E-state index contributed by atoms with van der Waals surface area (Å²) < 4.78 is 1.69. The lowest BCUT2D eigenvalue weighted by atomic mass is 10.0. The summed E-state index contributed by atoms with van der Waals surface area (Å²) >= 11 is 3.04. The highest BCUT2D eigenvalue weighted by Crippen LogP contribution is 2.23. The molecule has 1 atom stereocenters. The molecule has 0 aliphatic heterocycles. The molecule has 0 aliphatic carbocycles. The Morgan fingerprint density at radius 1 is 1.80 bits per heavy atom. The topological polar surface area (TPSA) is 81.2 Å². The van der Waals surface area contributed by atoms with E-state index in [4.69, 9.17) is 0 Å². The fraction of sp³-hybridized carbons (Fsp3) is 0.625. The fourth-order valence-electron chi connectivity index (χ4n) is 1.05. The zero-order valence-electron chi connectivity index (χ0n) is 8.47. The molecule has 0 bridgehead atoms. The minimum atomic E-state index is -0.903. The van der Waals surface area contributed by atoms with Gasteiger partial charge < -0.3 is 15.2 Å². The number of aromatic nitrogens is 2. The van der Waals surface area contributed by atoms with E-state index in [0.29, 0.717) is 10.9 Å². The van der Waals surface area contributed by atoms with Crippen LogP contribution in [0.4, 0.5) is 5.82 Å². The van der Waals surface area contributed by atoms with Crippen molar-refractivity contribution in [3.05, 3.63) is 20.8 Å². The molecule has 0 aliphatic rings. The van der Waals surface area contributed by atoms with E-state index in [9.17, 15) is 15.2 Å². The van der Waals surface area contributed by atoms with E-state index >= 15 is 0 Å². The maximum Gasteiger partial charge on any atom is 0.404 e. The lowest BCUT2D eigenvalue weighted by Gasteiger charge is -2.18. The van der Waals surface area contributed by atoms with Crippen molar-refractivity contribution >= 4 is 21.7 Å². The van der Waals surface area contributed by atoms with Gasteiger partial charge in [0, 0.05) is 0 Å². The van der Waals surface area contributed by atoms with Crippen LogP contribution >= 0.6 is 15.9 Å². The molecule has 1 unspecified atom stereocenters. The summed E-state index contributed by atoms with van der Waals surface area (Å²) in [4.78, 5) is 9.94. The SMILES string of the molecule is CCC(C)(O)Cn1cc(Br)c([N+](=O)[O-])n1. The number of rotatable bonds is 4. The zero-order chi connectivity index (χ0) is 11.6. The molecule has 0 amide bonds. The number of halogens is 1. The predicted octanol–water partition coefficient (Wildman–Crippen LogP) is 1.71. The van der Waals surface area contributed by atoms with Crippen LogP contribution in [-0.2, 0) is 6.54 Å². The first kappa shape index (κ1) is 12.1. The van der Waals surface area contributed by atoms with Crippen LogP contribution in [0.25, 0.3) is 0 Å². The Balaban J connectivity index is 2.89. The van der Waals surface area contributed by atoms with Gasteiger partial charge in [-0.25, -0.2) is 0 Å². The van der Waals surface area contributed by atoms with Gasteiger partial charge in [-0.3, -0.25) is 0 Å². The maximum absolute atomic E-state index is 10.5. The molecule has 1 aromatic rings. The van der Waals surface area contributed by atoms with E-state index < -0.39 is 10.5 Å². The molecule has 7 heteroatoms. The maximum atomic E-state index is 10.5. The van der Waals surface area contributed by atoms with Gasteiger partial charge in [-0.15, -0.1) is 0 Å². The molecule has 0 aromatic carbocycles. The van der Waals surface area contributed by atoms with Gasteiger partial charge in [-0.2, -0.15) is 4.68 Å². The number of nitro groups is 1. The normalized spacial score (nSPS) is 14.9. The predicted molar refractivity (Wildman–Crippen MR) is 57.5 cm³/mol. The second kappa shape index (κ2) is 4.28. The highest BCUT2D eigenvalue weighted by molar-refractivity contribution is 9.10. The van der Waals surface area contributed by atoms with E-state index in [1.54, 1.807) is 6.92 Å². The van der Waals surface area contributed by atoms with Crippen LogP contribution in [0.1, 0.15) is 20.3 Å². The van der Waals surface area contributed by atoms with Gasteiger partial charge in [-0.05, 0) is 34.2 Å². The minimum Gasteiger partial charge on any atom is -0.388 e. The highest BCUT2D eigenvalue weighted by Gasteiger charge is 2.24. The number of nitrogens with zero attached hydrogens (tertiary/aromatic N) is 3. The van der Waals surface area contributed by atoms with Crippen LogP contribution in [-0.4, -0.2) is 25.4 Å². The first-order chi connectivity index (χ1) is 6.85. The van der Waals surface area contributed by atoms with Crippen molar-refractivity contribution in [1.82, 2.24) is 9.78 Å². The highest BCUT2D eigenvalue weighted by atomic mass is 79.9. The molecule has 0 saturated carbocycles. The van der Waals surface area contributed by atoms with Gasteiger partial charge in [0.2, 0.25) is 0 Å². The summed E-state index contributed by atoms with van der Waals surface area (Å²) in [6, 6.07) is 0. The summed E-state index contributed by atoms with van der Waals surface area (Å²) in [5.74, 6) is -0.234. The van der Waals surface area contributed by atoms with Crippen molar-refractivity contribution in [2.24, 2.45) is 0 Å². The van der Waals surface area contributed by atoms with E-state index in [0.717, 1.165) is 0 Å². The molecule has 84 valence electrons. The number of hydrogen-bond donors (Lipinski definition) is 1. The Kier molecular flexibility index (Phi) is 3.46. The van der Waals surface area contributed by atoms with Crippen molar-refractivity contribution in [2.45, 2.75) is 32.4 Å². The largest absolute Gasteiger partial charge is 0.404 e. The Hall–Kier alpha value is -0.950. The van der Waals surface area contributed by atoms with Gasteiger partial charge in [0.15, 0.2) is 0 Å². The third kappa shape index (κ3) is 3.00. The zero-order valence-corrected chi connectivity index (χ0v) is 10.1. The molecule has 15 heavy (non-hydrogen) atoms. The molecule has 1 aromatic heterocycles. The first-order valence-corrected chi connectivity index (χ1v) is 5.25. The molecule has 6 nitrogen and oxygen atoms in total. The lowest BCUT2D eigenvalue weighted by Crippen LogP contribution is -2.29. The van der Waals surface area contributed by atoms with E-state index in [1.165, 1.54) is 10.9 Å². The molecule has 1 heterocycles. The third-order valence-corrected chi connectivity index (χ3v) is 2.70. The van der Waals surface area contributed by atoms with Crippen molar-refractivity contribution in [2.75, 3.05) is 0 Å². The van der Waals surface area contributed by atoms with Crippen LogP contribution in [0.2, 0.25) is 0 Å². The van der Waals surface area contributed by atoms with Crippen LogP contribution in [0.15, 0.2) is 10.7 Å². The molecule has 0 fully saturated rings. The van der Waals surface area contributed by atoms with E-state index in [2.05, 4.69) is 21.0 Å². The van der Waals surface area contributed by atoms with Crippen LogP contribution in [0.3, 0.4) is 0 Å². The summed E-state index contributed by atoms with van der Waals surface area (Å²) in [7, 11) is 0. The molecule has 0 radical (unpaired) electrons. The van der Waals surface area contributed by atoms with E-state index in [-0.39, 0.29) is 12.4 Å². The van der Waals surface area contributed by atoms with Crippen molar-refractivity contribution in [1.29, 1.82) is 0 Å².